The summed E-state index contributed by atoms with van der Waals surface area (Å²) in [5.41, 5.74) is 2.42. The smallest absolute Gasteiger partial charge is 0.222 e. The van der Waals surface area contributed by atoms with Gasteiger partial charge in [0.25, 0.3) is 0 Å². The zero-order valence-electron chi connectivity index (χ0n) is 12.7. The Bertz CT molecular complexity index is 457. The first-order valence-corrected chi connectivity index (χ1v) is 7.23. The van der Waals surface area contributed by atoms with Crippen LogP contribution < -0.4 is 0 Å². The van der Waals surface area contributed by atoms with Gasteiger partial charge >= 0.3 is 0 Å². The van der Waals surface area contributed by atoms with Crippen LogP contribution in [0.4, 0.5) is 0 Å². The summed E-state index contributed by atoms with van der Waals surface area (Å²) < 4.78 is 0. The predicted molar refractivity (Wildman–Crippen MR) is 81.1 cm³/mol. The summed E-state index contributed by atoms with van der Waals surface area (Å²) in [4.78, 5) is 14.1. The van der Waals surface area contributed by atoms with Crippen molar-refractivity contribution in [1.82, 2.24) is 4.90 Å². The number of benzene rings is 1. The van der Waals surface area contributed by atoms with Gasteiger partial charge < -0.3 is 4.90 Å². The molecule has 108 valence electrons. The lowest BCUT2D eigenvalue weighted by atomic mass is 10.1. The molecular formula is C17H24N2O. The lowest BCUT2D eigenvalue weighted by molar-refractivity contribution is -0.131. The van der Waals surface area contributed by atoms with Gasteiger partial charge in [-0.1, -0.05) is 43.7 Å². The molecule has 1 aromatic rings. The second kappa shape index (κ2) is 8.37. The summed E-state index contributed by atoms with van der Waals surface area (Å²) in [6.45, 7) is 7.51. The first-order valence-electron chi connectivity index (χ1n) is 7.23. The molecule has 0 saturated heterocycles. The van der Waals surface area contributed by atoms with Crippen molar-refractivity contribution in [2.45, 2.75) is 40.0 Å². The van der Waals surface area contributed by atoms with Gasteiger partial charge in [-0.25, -0.2) is 0 Å². The minimum Gasteiger partial charge on any atom is -0.341 e. The molecule has 0 N–H and O–H groups in total. The number of carbonyl (C=O) groups is 1. The number of aryl methyl sites for hydroxylation is 2. The molecule has 0 saturated carbocycles. The molecule has 0 bridgehead atoms. The number of nitriles is 1. The summed E-state index contributed by atoms with van der Waals surface area (Å²) in [5, 5.41) is 8.68. The van der Waals surface area contributed by atoms with Crippen LogP contribution in [-0.4, -0.2) is 23.9 Å². The number of hydrogen-bond donors (Lipinski definition) is 0. The van der Waals surface area contributed by atoms with Crippen LogP contribution in [0.3, 0.4) is 0 Å². The number of amides is 1. The van der Waals surface area contributed by atoms with Crippen LogP contribution >= 0.6 is 0 Å². The highest BCUT2D eigenvalue weighted by Crippen LogP contribution is 2.09. The molecule has 0 atom stereocenters. The van der Waals surface area contributed by atoms with Crippen LogP contribution in [0.5, 0.6) is 0 Å². The zero-order chi connectivity index (χ0) is 15.0. The van der Waals surface area contributed by atoms with Gasteiger partial charge in [0, 0.05) is 19.5 Å². The molecule has 0 aliphatic carbocycles. The first-order chi connectivity index (χ1) is 9.52. The van der Waals surface area contributed by atoms with Gasteiger partial charge in [0.1, 0.15) is 0 Å². The van der Waals surface area contributed by atoms with E-state index in [0.29, 0.717) is 25.3 Å². The molecule has 0 heterocycles. The third-order valence-corrected chi connectivity index (χ3v) is 3.18. The largest absolute Gasteiger partial charge is 0.341 e. The Kier molecular flexibility index (Phi) is 6.79. The van der Waals surface area contributed by atoms with Crippen molar-refractivity contribution in [3.05, 3.63) is 35.4 Å². The topological polar surface area (TPSA) is 44.1 Å². The molecule has 0 aliphatic rings. The van der Waals surface area contributed by atoms with Crippen molar-refractivity contribution in [2.75, 3.05) is 13.1 Å². The molecule has 0 radical (unpaired) electrons. The van der Waals surface area contributed by atoms with E-state index in [4.69, 9.17) is 5.26 Å². The fourth-order valence-electron chi connectivity index (χ4n) is 2.11. The molecule has 1 aromatic carbocycles. The van der Waals surface area contributed by atoms with Crippen molar-refractivity contribution in [3.8, 4) is 6.07 Å². The van der Waals surface area contributed by atoms with E-state index in [1.54, 1.807) is 0 Å². The van der Waals surface area contributed by atoms with Gasteiger partial charge in [0.2, 0.25) is 5.91 Å². The lowest BCUT2D eigenvalue weighted by Gasteiger charge is -2.23. The van der Waals surface area contributed by atoms with E-state index in [9.17, 15) is 4.79 Å². The average molecular weight is 272 g/mol. The van der Waals surface area contributed by atoms with E-state index in [1.807, 2.05) is 4.90 Å². The summed E-state index contributed by atoms with van der Waals surface area (Å²) in [5.74, 6) is 0.576. The Labute approximate surface area is 122 Å². The van der Waals surface area contributed by atoms with Crippen LogP contribution in [0.25, 0.3) is 0 Å². The van der Waals surface area contributed by atoms with Gasteiger partial charge in [-0.2, -0.15) is 5.26 Å². The maximum atomic E-state index is 12.2. The minimum absolute atomic E-state index is 0.148. The number of carbonyl (C=O) groups excluding carboxylic acids is 1. The van der Waals surface area contributed by atoms with Crippen LogP contribution in [0.15, 0.2) is 24.3 Å². The van der Waals surface area contributed by atoms with Crippen LogP contribution in [0.2, 0.25) is 0 Å². The van der Waals surface area contributed by atoms with Crippen molar-refractivity contribution in [2.24, 2.45) is 5.92 Å². The summed E-state index contributed by atoms with van der Waals surface area (Å²) >= 11 is 0. The fourth-order valence-corrected chi connectivity index (χ4v) is 2.11. The average Bonchev–Trinajstić information content (AvgIpc) is 2.42. The lowest BCUT2D eigenvalue weighted by Crippen LogP contribution is -2.35. The third kappa shape index (κ3) is 5.88. The molecule has 20 heavy (non-hydrogen) atoms. The maximum Gasteiger partial charge on any atom is 0.222 e. The first kappa shape index (κ1) is 16.2. The number of nitrogens with zero attached hydrogens (tertiary/aromatic N) is 2. The van der Waals surface area contributed by atoms with E-state index in [2.05, 4.69) is 51.1 Å². The molecule has 0 aliphatic heterocycles. The number of hydrogen-bond acceptors (Lipinski definition) is 2. The normalized spacial score (nSPS) is 10.3. The second-order valence-electron chi connectivity index (χ2n) is 5.63. The van der Waals surface area contributed by atoms with Crippen molar-refractivity contribution in [3.63, 3.8) is 0 Å². The van der Waals surface area contributed by atoms with Crippen LogP contribution in [-0.2, 0) is 11.2 Å². The highest BCUT2D eigenvalue weighted by Gasteiger charge is 2.14. The SMILES string of the molecule is Cc1ccc(CCC(=O)N(CCC#N)CC(C)C)cc1. The zero-order valence-corrected chi connectivity index (χ0v) is 12.7. The van der Waals surface area contributed by atoms with Gasteiger partial charge in [0.05, 0.1) is 12.5 Å². The molecule has 0 unspecified atom stereocenters. The van der Waals surface area contributed by atoms with Crippen molar-refractivity contribution in [1.29, 1.82) is 5.26 Å². The Morgan fingerprint density at radius 3 is 2.50 bits per heavy atom. The fraction of sp³-hybridized carbons (Fsp3) is 0.529. The molecule has 1 amide bonds. The Hall–Kier alpha value is -1.82. The van der Waals surface area contributed by atoms with E-state index < -0.39 is 0 Å². The number of rotatable bonds is 7. The van der Waals surface area contributed by atoms with E-state index in [1.165, 1.54) is 11.1 Å². The van der Waals surface area contributed by atoms with Crippen LogP contribution in [0.1, 0.15) is 37.8 Å². The van der Waals surface area contributed by atoms with Gasteiger partial charge in [0.15, 0.2) is 0 Å². The summed E-state index contributed by atoms with van der Waals surface area (Å²) in [7, 11) is 0. The molecule has 0 fully saturated rings. The maximum absolute atomic E-state index is 12.2. The predicted octanol–water partition coefficient (Wildman–Crippen LogP) is 3.33. The molecule has 3 nitrogen and oxygen atoms in total. The Morgan fingerprint density at radius 2 is 1.95 bits per heavy atom. The Balaban J connectivity index is 2.52. The minimum atomic E-state index is 0.148. The van der Waals surface area contributed by atoms with Crippen molar-refractivity contribution >= 4 is 5.91 Å². The Morgan fingerprint density at radius 1 is 1.30 bits per heavy atom. The second-order valence-corrected chi connectivity index (χ2v) is 5.63. The van der Waals surface area contributed by atoms with E-state index in [-0.39, 0.29) is 5.91 Å². The molecule has 0 aromatic heterocycles. The standard InChI is InChI=1S/C17H24N2O/c1-14(2)13-19(12-4-11-18)17(20)10-9-16-7-5-15(3)6-8-16/h5-8,14H,4,9-10,12-13H2,1-3H3. The van der Waals surface area contributed by atoms with E-state index >= 15 is 0 Å². The quantitative estimate of drug-likeness (QED) is 0.764. The molecular weight excluding hydrogens is 248 g/mol. The molecule has 3 heteroatoms. The molecule has 0 spiro atoms. The highest BCUT2D eigenvalue weighted by molar-refractivity contribution is 5.76. The van der Waals surface area contributed by atoms with Gasteiger partial charge in [-0.05, 0) is 24.8 Å². The summed E-state index contributed by atoms with van der Waals surface area (Å²) in [6, 6.07) is 10.4. The summed E-state index contributed by atoms with van der Waals surface area (Å²) in [6.07, 6.45) is 1.68. The molecule has 1 rings (SSSR count). The van der Waals surface area contributed by atoms with Crippen molar-refractivity contribution < 1.29 is 4.79 Å². The third-order valence-electron chi connectivity index (χ3n) is 3.18. The van der Waals surface area contributed by atoms with Gasteiger partial charge in [-0.3, -0.25) is 4.79 Å². The highest BCUT2D eigenvalue weighted by atomic mass is 16.2. The van der Waals surface area contributed by atoms with Gasteiger partial charge in [-0.15, -0.1) is 0 Å². The monoisotopic (exact) mass is 272 g/mol. The van der Waals surface area contributed by atoms with Crippen LogP contribution in [0, 0.1) is 24.2 Å². The van der Waals surface area contributed by atoms with E-state index in [0.717, 1.165) is 13.0 Å².